The van der Waals surface area contributed by atoms with Crippen LogP contribution in [0.2, 0.25) is 5.02 Å². The number of benzene rings is 4. The third-order valence-corrected chi connectivity index (χ3v) is 13.1. The maximum Gasteiger partial charge on any atom is 0.498 e. The maximum absolute atomic E-state index is 14.1. The second-order valence-electron chi connectivity index (χ2n) is 21.6. The topological polar surface area (TPSA) is 147 Å². The predicted molar refractivity (Wildman–Crippen MR) is 267 cm³/mol. The minimum atomic E-state index is -4.90. The molecule has 2 atom stereocenters. The Hall–Kier alpha value is -5.99. The summed E-state index contributed by atoms with van der Waals surface area (Å²) in [6.45, 7) is 22.0. The van der Waals surface area contributed by atoms with Crippen LogP contribution in [0.25, 0.3) is 33.4 Å². The van der Waals surface area contributed by atoms with Gasteiger partial charge < -0.3 is 29.0 Å². The molecule has 20 heteroatoms. The summed E-state index contributed by atoms with van der Waals surface area (Å²) in [7, 11) is -0.475. The van der Waals surface area contributed by atoms with E-state index in [4.69, 9.17) is 30.4 Å². The molecule has 2 N–H and O–H groups in total. The molecule has 1 aliphatic heterocycles. The highest BCUT2D eigenvalue weighted by atomic mass is 35.5. The fourth-order valence-electron chi connectivity index (χ4n) is 8.99. The first kappa shape index (κ1) is 55.8. The van der Waals surface area contributed by atoms with Crippen molar-refractivity contribution in [2.45, 2.75) is 142 Å². The summed E-state index contributed by atoms with van der Waals surface area (Å²) in [6.07, 6.45) is -3.22. The molecule has 0 amide bonds. The molecular weight excluding hydrogens is 993 g/mol. The van der Waals surface area contributed by atoms with Crippen LogP contribution in [0.15, 0.2) is 97.6 Å². The van der Waals surface area contributed by atoms with E-state index in [2.05, 4.69) is 10.2 Å². The molecule has 0 saturated carbocycles. The summed E-state index contributed by atoms with van der Waals surface area (Å²) in [5.41, 5.74) is -4.65. The lowest BCUT2D eigenvalue weighted by Crippen LogP contribution is -2.41. The van der Waals surface area contributed by atoms with E-state index in [-0.39, 0.29) is 51.9 Å². The van der Waals surface area contributed by atoms with Crippen LogP contribution < -0.4 is 5.46 Å². The Morgan fingerprint density at radius 1 is 0.622 bits per heavy atom. The Kier molecular flexibility index (Phi) is 14.5. The minimum absolute atomic E-state index is 0.0662. The van der Waals surface area contributed by atoms with Crippen molar-refractivity contribution in [2.24, 2.45) is 0 Å². The zero-order chi connectivity index (χ0) is 54.9. The second-order valence-corrected chi connectivity index (χ2v) is 22.0. The number of aryl methyl sites for hydroxylation is 2. The van der Waals surface area contributed by atoms with Crippen molar-refractivity contribution >= 4 is 36.1 Å². The van der Waals surface area contributed by atoms with Gasteiger partial charge in [-0.1, -0.05) is 83.9 Å². The van der Waals surface area contributed by atoms with Gasteiger partial charge in [0.25, 0.3) is 0 Å². The van der Waals surface area contributed by atoms with Crippen molar-refractivity contribution in [2.75, 3.05) is 0 Å². The number of nitrogens with zero attached hydrogens (tertiary/aromatic N) is 4. The third kappa shape index (κ3) is 10.8. The second kappa shape index (κ2) is 19.3. The Balaban J connectivity index is 0.000000168. The molecule has 2 unspecified atom stereocenters. The number of carbonyl (C=O) groups is 2. The molecule has 1 fully saturated rings. The molecular formula is C54H58BClF6N4O8. The lowest BCUT2D eigenvalue weighted by atomic mass is 9.82. The molecule has 0 radical (unpaired) electrons. The van der Waals surface area contributed by atoms with Crippen molar-refractivity contribution in [1.82, 2.24) is 19.6 Å². The number of alkyl halides is 6. The number of fused-ring (bicyclic) bond motifs is 6. The van der Waals surface area contributed by atoms with Crippen LogP contribution in [0, 0.1) is 13.8 Å². The Bertz CT molecular complexity index is 3100. The number of hydrogen-bond donors (Lipinski definition) is 2. The van der Waals surface area contributed by atoms with E-state index in [1.54, 1.807) is 89.6 Å². The highest BCUT2D eigenvalue weighted by Crippen LogP contribution is 2.58. The van der Waals surface area contributed by atoms with Crippen LogP contribution in [-0.2, 0) is 52.7 Å². The highest BCUT2D eigenvalue weighted by molar-refractivity contribution is 6.62. The molecule has 3 aliphatic rings. The summed E-state index contributed by atoms with van der Waals surface area (Å²) in [5.74, 6) is -0.797. The van der Waals surface area contributed by atoms with Gasteiger partial charge in [-0.05, 0) is 117 Å². The first-order valence-electron chi connectivity index (χ1n) is 23.6. The van der Waals surface area contributed by atoms with Gasteiger partial charge in [-0.15, -0.1) is 0 Å². The van der Waals surface area contributed by atoms with Gasteiger partial charge in [0.1, 0.15) is 24.3 Å². The molecule has 12 nitrogen and oxygen atoms in total. The monoisotopic (exact) mass is 1050 g/mol. The van der Waals surface area contributed by atoms with Crippen molar-refractivity contribution < 1.29 is 64.9 Å². The van der Waals surface area contributed by atoms with Gasteiger partial charge in [-0.25, -0.2) is 0 Å². The van der Waals surface area contributed by atoms with E-state index < -0.39 is 59.0 Å². The van der Waals surface area contributed by atoms with Gasteiger partial charge in [0, 0.05) is 62.5 Å². The van der Waals surface area contributed by atoms with Gasteiger partial charge in [-0.2, -0.15) is 36.5 Å². The molecule has 74 heavy (non-hydrogen) atoms. The van der Waals surface area contributed by atoms with E-state index in [9.17, 15) is 46.1 Å². The normalized spacial score (nSPS) is 19.3. The summed E-state index contributed by atoms with van der Waals surface area (Å²) >= 11 is 6.10. The summed E-state index contributed by atoms with van der Waals surface area (Å²) in [4.78, 5) is 24.0. The van der Waals surface area contributed by atoms with E-state index >= 15 is 0 Å². The van der Waals surface area contributed by atoms with Crippen molar-refractivity contribution in [3.8, 4) is 33.4 Å². The smallest absolute Gasteiger partial charge is 0.459 e. The molecule has 0 bridgehead atoms. The Morgan fingerprint density at radius 2 is 1.04 bits per heavy atom. The molecule has 4 aromatic carbocycles. The number of halogens is 7. The van der Waals surface area contributed by atoms with Crippen LogP contribution >= 0.6 is 11.6 Å². The van der Waals surface area contributed by atoms with Gasteiger partial charge in [0.15, 0.2) is 0 Å². The number of carbonyl (C=O) groups excluding carboxylic acids is 2. The van der Waals surface area contributed by atoms with Crippen LogP contribution in [0.1, 0.15) is 103 Å². The van der Waals surface area contributed by atoms with Gasteiger partial charge in [-0.3, -0.25) is 19.0 Å². The minimum Gasteiger partial charge on any atom is -0.459 e. The van der Waals surface area contributed by atoms with Crippen molar-refractivity contribution in [3.05, 3.63) is 136 Å². The van der Waals surface area contributed by atoms with Crippen molar-refractivity contribution in [1.29, 1.82) is 0 Å². The van der Waals surface area contributed by atoms with Crippen LogP contribution in [0.5, 0.6) is 0 Å². The SMILES string of the molecule is CC(C)(C)OC(=O)Cn1cc(B2OC(C)(C)C(C)(C)O2)cn1.Cc1cc(-c2cnn(CC(=O)OC(C)(C)C)c2)c2c(c1)C(O)(C(F)(F)F)c1ccccc1-2.Cc1cc(Cl)c2c(c1)C(O)(C(F)(F)F)c1ccccc1-2. The fourth-order valence-corrected chi connectivity index (χ4v) is 9.37. The molecule has 3 heterocycles. The van der Waals surface area contributed by atoms with E-state index in [1.165, 1.54) is 52.0 Å². The van der Waals surface area contributed by atoms with E-state index in [1.807, 2.05) is 48.5 Å². The summed E-state index contributed by atoms with van der Waals surface area (Å²) in [6, 6.07) is 18.0. The summed E-state index contributed by atoms with van der Waals surface area (Å²) in [5, 5.41) is 29.9. The fraction of sp³-hybridized carbons (Fsp3) is 0.407. The van der Waals surface area contributed by atoms with E-state index in [0.29, 0.717) is 38.9 Å². The van der Waals surface area contributed by atoms with E-state index in [0.717, 1.165) is 5.46 Å². The van der Waals surface area contributed by atoms with Gasteiger partial charge in [0.05, 0.1) is 17.4 Å². The van der Waals surface area contributed by atoms with Crippen molar-refractivity contribution in [3.63, 3.8) is 0 Å². The average molecular weight is 1050 g/mol. The van der Waals surface area contributed by atoms with Crippen LogP contribution in [0.3, 0.4) is 0 Å². The number of ether oxygens (including phenoxy) is 2. The number of rotatable bonds is 6. The first-order valence-corrected chi connectivity index (χ1v) is 23.9. The maximum atomic E-state index is 14.1. The first-order chi connectivity index (χ1) is 34.0. The highest BCUT2D eigenvalue weighted by Gasteiger charge is 2.62. The zero-order valence-corrected chi connectivity index (χ0v) is 43.8. The molecule has 2 aliphatic carbocycles. The predicted octanol–water partition coefficient (Wildman–Crippen LogP) is 10.9. The molecule has 2 aromatic heterocycles. The Morgan fingerprint density at radius 3 is 1.51 bits per heavy atom. The zero-order valence-electron chi connectivity index (χ0n) is 43.0. The lowest BCUT2D eigenvalue weighted by molar-refractivity contribution is -0.247. The summed E-state index contributed by atoms with van der Waals surface area (Å²) < 4.78 is 108. The lowest BCUT2D eigenvalue weighted by Gasteiger charge is -2.32. The number of esters is 2. The molecule has 0 spiro atoms. The Labute approximate surface area is 430 Å². The average Bonchev–Trinajstić information content (AvgIpc) is 4.06. The molecule has 394 valence electrons. The van der Waals surface area contributed by atoms with Crippen LogP contribution in [0.4, 0.5) is 26.3 Å². The standard InChI is InChI=1S/C24H23F3N2O3.C15H25BN2O4.C15H10ClF3O/c1-14-9-17(15-11-28-29(12-15)13-20(30)32-22(2,3)4)21-16-7-5-6-8-18(16)23(31,19(21)10-14)24(25,26)27;1-13(2,3)20-12(19)10-18-9-11(8-17-18)16-21-14(4,5)15(6,7)22-16;1-8-6-11-13(12(16)7-8)9-4-2-3-5-10(9)14(11,20)15(17,18)19/h5-12,31H,13H2,1-4H3;8-9H,10H2,1-7H3;2-7,20H,1H3. The molecule has 1 saturated heterocycles. The van der Waals surface area contributed by atoms with Crippen LogP contribution in [-0.4, -0.2) is 83.6 Å². The largest absolute Gasteiger partial charge is 0.498 e. The van der Waals surface area contributed by atoms with Gasteiger partial charge >= 0.3 is 31.4 Å². The number of hydrogen-bond acceptors (Lipinski definition) is 10. The number of aliphatic hydroxyl groups is 2. The van der Waals surface area contributed by atoms with Gasteiger partial charge in [0.2, 0.25) is 11.2 Å². The molecule has 9 rings (SSSR count). The third-order valence-electron chi connectivity index (χ3n) is 12.8. The number of aromatic nitrogens is 4. The quantitative estimate of drug-likeness (QED) is 0.0939. The molecule has 6 aromatic rings.